The van der Waals surface area contributed by atoms with Gasteiger partial charge < -0.3 is 27.4 Å². The summed E-state index contributed by atoms with van der Waals surface area (Å²) in [6.07, 6.45) is 1.38. The van der Waals surface area contributed by atoms with Gasteiger partial charge in [-0.1, -0.05) is 30.3 Å². The Morgan fingerprint density at radius 1 is 1.00 bits per heavy atom. The van der Waals surface area contributed by atoms with Gasteiger partial charge >= 0.3 is 37.7 Å². The molecular weight excluding hydrogens is 276 g/mol. The van der Waals surface area contributed by atoms with Crippen LogP contribution in [0.1, 0.15) is 47.1 Å². The molecule has 0 bridgehead atoms. The van der Waals surface area contributed by atoms with Crippen LogP contribution in [0.15, 0.2) is 30.3 Å². The fraction of sp³-hybridized carbons (Fsp3) is 0.375. The van der Waals surface area contributed by atoms with E-state index in [1.807, 2.05) is 11.4 Å². The molecule has 0 unspecified atom stereocenters. The van der Waals surface area contributed by atoms with Gasteiger partial charge in [0.15, 0.2) is 0 Å². The zero-order valence-corrected chi connectivity index (χ0v) is 15.7. The van der Waals surface area contributed by atoms with Gasteiger partial charge in [0.25, 0.3) is 0 Å². The number of rotatable bonds is 2. The molecule has 0 atom stereocenters. The standard InChI is InChI=1S/C8H6N2O.2C4H9.Ca/c9-8(10-6-11)7-4-2-1-3-5-7;2*1-4(2)3;/h1-5H,(H-,9,10,11);2*1-3H3;/q-2;2*-1;+2. The van der Waals surface area contributed by atoms with Crippen molar-refractivity contribution in [1.82, 2.24) is 5.32 Å². The Morgan fingerprint density at radius 3 is 1.65 bits per heavy atom. The van der Waals surface area contributed by atoms with Crippen LogP contribution in [0.5, 0.6) is 0 Å². The maximum Gasteiger partial charge on any atom is 2.00 e. The first-order valence-electron chi connectivity index (χ1n) is 6.09. The first kappa shape index (κ1) is 24.6. The third kappa shape index (κ3) is 22.8. The van der Waals surface area contributed by atoms with Crippen LogP contribution in [0.3, 0.4) is 0 Å². The van der Waals surface area contributed by atoms with Crippen molar-refractivity contribution < 1.29 is 4.79 Å². The zero-order valence-electron chi connectivity index (χ0n) is 13.4. The molecule has 0 saturated heterocycles. The van der Waals surface area contributed by atoms with E-state index >= 15 is 0 Å². The second-order valence-electron chi connectivity index (χ2n) is 4.94. The van der Waals surface area contributed by atoms with Crippen molar-refractivity contribution in [2.45, 2.75) is 41.5 Å². The van der Waals surface area contributed by atoms with Gasteiger partial charge in [-0.05, 0) is 6.41 Å². The summed E-state index contributed by atoms with van der Waals surface area (Å²) < 4.78 is 0. The summed E-state index contributed by atoms with van der Waals surface area (Å²) in [4.78, 5) is 9.77. The predicted molar refractivity (Wildman–Crippen MR) is 89.0 cm³/mol. The molecule has 0 heterocycles. The molecule has 0 aromatic heterocycles. The summed E-state index contributed by atoms with van der Waals surface area (Å²) in [5.74, 6) is 2.65. The maximum absolute atomic E-state index is 9.77. The van der Waals surface area contributed by atoms with E-state index in [0.717, 1.165) is 0 Å². The van der Waals surface area contributed by atoms with Crippen molar-refractivity contribution in [1.29, 1.82) is 0 Å². The van der Waals surface area contributed by atoms with Gasteiger partial charge in [0.05, 0.1) is 0 Å². The van der Waals surface area contributed by atoms with Gasteiger partial charge in [0.1, 0.15) is 0 Å². The molecule has 1 rings (SSSR count). The average molecular weight is 300 g/mol. The maximum atomic E-state index is 9.77. The third-order valence-corrected chi connectivity index (χ3v) is 1.22. The molecule has 0 saturated carbocycles. The van der Waals surface area contributed by atoms with Crippen molar-refractivity contribution >= 4 is 50.0 Å². The molecule has 1 N–H and O–H groups in total. The molecule has 0 aliphatic rings. The number of nitrogens with one attached hydrogen (secondary N) is 1. The summed E-state index contributed by atoms with van der Waals surface area (Å²) in [6.45, 7) is 12.5. The molecule has 0 aliphatic heterocycles. The molecule has 108 valence electrons. The van der Waals surface area contributed by atoms with Crippen LogP contribution in [0.25, 0.3) is 5.41 Å². The molecule has 4 heteroatoms. The Labute approximate surface area is 154 Å². The summed E-state index contributed by atoms with van der Waals surface area (Å²) in [7, 11) is 0. The molecule has 0 fully saturated rings. The summed E-state index contributed by atoms with van der Waals surface area (Å²) in [6, 6.07) is 8.71. The number of benzene rings is 1. The smallest absolute Gasteiger partial charge is 0.590 e. The first-order valence-corrected chi connectivity index (χ1v) is 6.09. The quantitative estimate of drug-likeness (QED) is 0.293. The molecule has 1 amide bonds. The van der Waals surface area contributed by atoms with Crippen LogP contribution >= 0.6 is 0 Å². The number of amides is 1. The number of carbonyl (C=O) groups excluding carboxylic acids is 1. The summed E-state index contributed by atoms with van der Waals surface area (Å²) in [5.41, 5.74) is 0.566. The molecule has 0 spiro atoms. The molecule has 1 aromatic rings. The minimum atomic E-state index is -0.180. The number of hydrogen-bond donors (Lipinski definition) is 1. The predicted octanol–water partition coefficient (Wildman–Crippen LogP) is 3.52. The van der Waals surface area contributed by atoms with Gasteiger partial charge in [0, 0.05) is 0 Å². The van der Waals surface area contributed by atoms with E-state index < -0.39 is 0 Å². The van der Waals surface area contributed by atoms with E-state index in [1.165, 1.54) is 18.2 Å². The van der Waals surface area contributed by atoms with Gasteiger partial charge in [-0.25, -0.2) is 5.84 Å². The topological polar surface area (TPSA) is 51.4 Å². The molecule has 0 radical (unpaired) electrons. The van der Waals surface area contributed by atoms with Gasteiger partial charge in [0.2, 0.25) is 0 Å². The van der Waals surface area contributed by atoms with Crippen molar-refractivity contribution in [3.63, 3.8) is 0 Å². The normalized spacial score (nSPS) is 8.40. The zero-order chi connectivity index (χ0) is 15.3. The van der Waals surface area contributed by atoms with Gasteiger partial charge in [-0.2, -0.15) is 41.5 Å². The van der Waals surface area contributed by atoms with Crippen molar-refractivity contribution in [2.24, 2.45) is 0 Å². The van der Waals surface area contributed by atoms with Gasteiger partial charge in [-0.3, -0.25) is 0 Å². The minimum Gasteiger partial charge on any atom is -0.590 e. The van der Waals surface area contributed by atoms with E-state index in [-0.39, 0.29) is 43.6 Å². The van der Waals surface area contributed by atoms with E-state index in [4.69, 9.17) is 5.41 Å². The van der Waals surface area contributed by atoms with Crippen molar-refractivity contribution in [3.05, 3.63) is 53.1 Å². The average Bonchev–Trinajstić information content (AvgIpc) is 2.29. The third-order valence-electron chi connectivity index (χ3n) is 1.22. The van der Waals surface area contributed by atoms with E-state index in [9.17, 15) is 4.79 Å². The molecule has 20 heavy (non-hydrogen) atoms. The van der Waals surface area contributed by atoms with Crippen LogP contribution in [0.4, 0.5) is 0 Å². The van der Waals surface area contributed by atoms with Crippen molar-refractivity contribution in [2.75, 3.05) is 0 Å². The van der Waals surface area contributed by atoms with E-state index in [0.29, 0.717) is 5.56 Å². The minimum absolute atomic E-state index is 0. The fourth-order valence-corrected chi connectivity index (χ4v) is 0.717. The Kier molecular flexibility index (Phi) is 20.5. The van der Waals surface area contributed by atoms with Crippen LogP contribution in [-0.2, 0) is 4.79 Å². The van der Waals surface area contributed by atoms with Crippen LogP contribution in [0.2, 0.25) is 0 Å². The summed E-state index contributed by atoms with van der Waals surface area (Å²) >= 11 is 0. The van der Waals surface area contributed by atoms with Gasteiger partial charge in [-0.15, -0.1) is 5.56 Å². The molecule has 1 aromatic carbocycles. The van der Waals surface area contributed by atoms with Crippen LogP contribution in [-0.4, -0.2) is 50.0 Å². The number of amidine groups is 1. The van der Waals surface area contributed by atoms with E-state index in [2.05, 4.69) is 41.5 Å². The Hall–Kier alpha value is -0.380. The Bertz CT molecular complexity index is 326. The monoisotopic (exact) mass is 300 g/mol. The number of hydrogen-bond acceptors (Lipinski definition) is 1. The van der Waals surface area contributed by atoms with Crippen molar-refractivity contribution in [3.8, 4) is 0 Å². The first-order chi connectivity index (χ1) is 8.81. The Morgan fingerprint density at radius 2 is 1.35 bits per heavy atom. The fourth-order valence-electron chi connectivity index (χ4n) is 0.717. The molecular formula is C16H24CaN2O-2. The number of nitrogens with zero attached hydrogens (tertiary/aromatic N) is 1. The SMILES string of the molecule is C[C-](C)C.C[C-](C)C.[Ca+2].[N-]=C(N[C-]=O)c1ccccc1. The summed E-state index contributed by atoms with van der Waals surface area (Å²) in [5, 5.41) is 11.1. The van der Waals surface area contributed by atoms with E-state index in [1.54, 1.807) is 24.3 Å². The molecule has 0 aliphatic carbocycles. The molecule has 3 nitrogen and oxygen atoms in total. The van der Waals surface area contributed by atoms with Crippen LogP contribution < -0.4 is 5.32 Å². The van der Waals surface area contributed by atoms with Crippen LogP contribution in [0, 0.1) is 11.8 Å². The second-order valence-corrected chi connectivity index (χ2v) is 4.94. The second kappa shape index (κ2) is 16.7. The largest absolute Gasteiger partial charge is 2.00 e. The Balaban J connectivity index is -0.000000272.